The quantitative estimate of drug-likeness (QED) is 0.336. The number of benzene rings is 1. The molecule has 0 bridgehead atoms. The second-order valence-electron chi connectivity index (χ2n) is 7.72. The van der Waals surface area contributed by atoms with E-state index in [2.05, 4.69) is 15.6 Å². The zero-order valence-electron chi connectivity index (χ0n) is 18.2. The van der Waals surface area contributed by atoms with Gasteiger partial charge in [0.25, 0.3) is 0 Å². The van der Waals surface area contributed by atoms with E-state index in [1.165, 1.54) is 0 Å². The highest BCUT2D eigenvalue weighted by Crippen LogP contribution is 2.19. The molecule has 2 amide bonds. The number of nitrogens with two attached hydrogens (primary N) is 1. The van der Waals surface area contributed by atoms with E-state index in [4.69, 9.17) is 5.73 Å². The van der Waals surface area contributed by atoms with Crippen molar-refractivity contribution in [3.8, 4) is 0 Å². The fourth-order valence-electron chi connectivity index (χ4n) is 3.35. The summed E-state index contributed by atoms with van der Waals surface area (Å²) < 4.78 is 0. The average molecular weight is 449 g/mol. The number of nitrogens with one attached hydrogen (secondary N) is 3. The van der Waals surface area contributed by atoms with Crippen LogP contribution in [0.4, 0.5) is 0 Å². The zero-order chi connectivity index (χ0) is 23.0. The third-order valence-electron chi connectivity index (χ3n) is 5.47. The molecule has 0 spiro atoms. The van der Waals surface area contributed by atoms with E-state index in [0.717, 1.165) is 16.5 Å². The SMILES string of the molecule is CCC(C)C(NC(=O)C(CCSC)NC(=O)C(N)Cc1c[nH]c2ccccc12)C(=O)O. The monoisotopic (exact) mass is 448 g/mol. The van der Waals surface area contributed by atoms with E-state index in [9.17, 15) is 19.5 Å². The number of carboxylic acid groups (broad SMARTS) is 1. The summed E-state index contributed by atoms with van der Waals surface area (Å²) in [7, 11) is 0. The molecule has 31 heavy (non-hydrogen) atoms. The maximum Gasteiger partial charge on any atom is 0.326 e. The van der Waals surface area contributed by atoms with Gasteiger partial charge >= 0.3 is 5.97 Å². The summed E-state index contributed by atoms with van der Waals surface area (Å²) in [5.74, 6) is -1.63. The summed E-state index contributed by atoms with van der Waals surface area (Å²) >= 11 is 1.54. The highest BCUT2D eigenvalue weighted by molar-refractivity contribution is 7.98. The predicted molar refractivity (Wildman–Crippen MR) is 124 cm³/mol. The number of para-hydroxylation sites is 1. The van der Waals surface area contributed by atoms with E-state index in [-0.39, 0.29) is 5.92 Å². The van der Waals surface area contributed by atoms with Crippen LogP contribution in [0.2, 0.25) is 0 Å². The third kappa shape index (κ3) is 6.73. The fourth-order valence-corrected chi connectivity index (χ4v) is 3.82. The summed E-state index contributed by atoms with van der Waals surface area (Å²) in [6.45, 7) is 3.63. The number of hydrogen-bond donors (Lipinski definition) is 5. The van der Waals surface area contributed by atoms with Crippen LogP contribution >= 0.6 is 11.8 Å². The van der Waals surface area contributed by atoms with Gasteiger partial charge in [-0.05, 0) is 42.4 Å². The highest BCUT2D eigenvalue weighted by atomic mass is 32.2. The number of fused-ring (bicyclic) bond motifs is 1. The summed E-state index contributed by atoms with van der Waals surface area (Å²) in [5, 5.41) is 15.8. The molecular formula is C22H32N4O4S. The molecule has 0 saturated carbocycles. The molecule has 8 nitrogen and oxygen atoms in total. The smallest absolute Gasteiger partial charge is 0.326 e. The Morgan fingerprint density at radius 3 is 2.55 bits per heavy atom. The van der Waals surface area contributed by atoms with Gasteiger partial charge in [0.15, 0.2) is 0 Å². The standard InChI is InChI=1S/C22H32N4O4S/c1-4-13(2)19(22(29)30)26-21(28)18(9-10-31-3)25-20(27)16(23)11-14-12-24-17-8-6-5-7-15(14)17/h5-8,12-13,16,18-19,24H,4,9-11,23H2,1-3H3,(H,25,27)(H,26,28)(H,29,30). The van der Waals surface area contributed by atoms with Gasteiger partial charge in [0.2, 0.25) is 11.8 Å². The molecule has 1 aromatic heterocycles. The van der Waals surface area contributed by atoms with Crippen LogP contribution in [0.25, 0.3) is 10.9 Å². The zero-order valence-corrected chi connectivity index (χ0v) is 19.0. The molecule has 0 aliphatic carbocycles. The number of rotatable bonds is 12. The van der Waals surface area contributed by atoms with Crippen LogP contribution in [0, 0.1) is 5.92 Å². The summed E-state index contributed by atoms with van der Waals surface area (Å²) in [4.78, 5) is 40.2. The van der Waals surface area contributed by atoms with Gasteiger partial charge in [0, 0.05) is 17.1 Å². The minimum atomic E-state index is -1.09. The first-order chi connectivity index (χ1) is 14.8. The van der Waals surface area contributed by atoms with Crippen molar-refractivity contribution in [2.75, 3.05) is 12.0 Å². The number of hydrogen-bond acceptors (Lipinski definition) is 5. The average Bonchev–Trinajstić information content (AvgIpc) is 3.16. The molecule has 0 radical (unpaired) electrons. The Morgan fingerprint density at radius 1 is 1.19 bits per heavy atom. The van der Waals surface area contributed by atoms with E-state index in [0.29, 0.717) is 25.0 Å². The van der Waals surface area contributed by atoms with Gasteiger partial charge in [-0.3, -0.25) is 9.59 Å². The molecule has 0 aliphatic rings. The van der Waals surface area contributed by atoms with Gasteiger partial charge in [-0.15, -0.1) is 0 Å². The number of carbonyl (C=O) groups excluding carboxylic acids is 2. The van der Waals surface area contributed by atoms with Gasteiger partial charge in [-0.25, -0.2) is 4.79 Å². The second kappa shape index (κ2) is 11.8. The van der Waals surface area contributed by atoms with Crippen molar-refractivity contribution in [3.63, 3.8) is 0 Å². The second-order valence-corrected chi connectivity index (χ2v) is 8.71. The van der Waals surface area contributed by atoms with Gasteiger partial charge in [0.05, 0.1) is 6.04 Å². The third-order valence-corrected chi connectivity index (χ3v) is 6.12. The van der Waals surface area contributed by atoms with Crippen LogP contribution in [0.5, 0.6) is 0 Å². The number of aromatic nitrogens is 1. The molecule has 9 heteroatoms. The molecule has 2 aromatic rings. The molecular weight excluding hydrogens is 416 g/mol. The number of aromatic amines is 1. The largest absolute Gasteiger partial charge is 0.480 e. The van der Waals surface area contributed by atoms with Crippen molar-refractivity contribution in [1.82, 2.24) is 15.6 Å². The van der Waals surface area contributed by atoms with E-state index in [1.54, 1.807) is 18.7 Å². The first-order valence-corrected chi connectivity index (χ1v) is 11.8. The minimum Gasteiger partial charge on any atom is -0.480 e. The lowest BCUT2D eigenvalue weighted by Crippen LogP contribution is -2.56. The number of thioether (sulfide) groups is 1. The summed E-state index contributed by atoms with van der Waals surface area (Å²) in [5.41, 5.74) is 8.03. The molecule has 0 fully saturated rings. The molecule has 2 rings (SSSR count). The van der Waals surface area contributed by atoms with Crippen molar-refractivity contribution >= 4 is 40.4 Å². The van der Waals surface area contributed by atoms with Gasteiger partial charge in [-0.1, -0.05) is 38.5 Å². The van der Waals surface area contributed by atoms with Crippen molar-refractivity contribution in [2.24, 2.45) is 11.7 Å². The maximum atomic E-state index is 12.8. The van der Waals surface area contributed by atoms with E-state index in [1.807, 2.05) is 43.6 Å². The molecule has 4 unspecified atom stereocenters. The Balaban J connectivity index is 2.06. The highest BCUT2D eigenvalue weighted by Gasteiger charge is 2.30. The van der Waals surface area contributed by atoms with Crippen molar-refractivity contribution in [1.29, 1.82) is 0 Å². The normalized spacial score (nSPS) is 15.1. The molecule has 4 atom stereocenters. The topological polar surface area (TPSA) is 137 Å². The summed E-state index contributed by atoms with van der Waals surface area (Å²) in [6.07, 6.45) is 5.04. The Kier molecular flexibility index (Phi) is 9.39. The Morgan fingerprint density at radius 2 is 1.90 bits per heavy atom. The van der Waals surface area contributed by atoms with Crippen molar-refractivity contribution in [2.45, 2.75) is 51.2 Å². The van der Waals surface area contributed by atoms with E-state index < -0.39 is 35.9 Å². The van der Waals surface area contributed by atoms with Crippen LogP contribution in [-0.2, 0) is 20.8 Å². The lowest BCUT2D eigenvalue weighted by molar-refractivity contribution is -0.143. The lowest BCUT2D eigenvalue weighted by atomic mass is 9.98. The van der Waals surface area contributed by atoms with Crippen LogP contribution in [0.3, 0.4) is 0 Å². The first kappa shape index (κ1) is 24.7. The van der Waals surface area contributed by atoms with Crippen LogP contribution in [-0.4, -0.2) is 58.0 Å². The van der Waals surface area contributed by atoms with Crippen molar-refractivity contribution in [3.05, 3.63) is 36.0 Å². The van der Waals surface area contributed by atoms with E-state index >= 15 is 0 Å². The number of aliphatic carboxylic acids is 1. The number of carboxylic acids is 1. The maximum absolute atomic E-state index is 12.8. The molecule has 6 N–H and O–H groups in total. The summed E-state index contributed by atoms with van der Waals surface area (Å²) in [6, 6.07) is 5.06. The van der Waals surface area contributed by atoms with Crippen LogP contribution in [0.15, 0.2) is 30.5 Å². The van der Waals surface area contributed by atoms with Gasteiger partial charge in [0.1, 0.15) is 12.1 Å². The van der Waals surface area contributed by atoms with Crippen molar-refractivity contribution < 1.29 is 19.5 Å². The predicted octanol–water partition coefficient (Wildman–Crippen LogP) is 1.89. The van der Waals surface area contributed by atoms with Crippen LogP contribution in [0.1, 0.15) is 32.3 Å². The van der Waals surface area contributed by atoms with Gasteiger partial charge < -0.3 is 26.5 Å². The minimum absolute atomic E-state index is 0.234. The number of amides is 2. The fraction of sp³-hybridized carbons (Fsp3) is 0.500. The molecule has 1 heterocycles. The molecule has 1 aromatic carbocycles. The first-order valence-electron chi connectivity index (χ1n) is 10.4. The van der Waals surface area contributed by atoms with Crippen LogP contribution < -0.4 is 16.4 Å². The Bertz CT molecular complexity index is 901. The number of carbonyl (C=O) groups is 3. The Hall–Kier alpha value is -2.52. The van der Waals surface area contributed by atoms with Gasteiger partial charge in [-0.2, -0.15) is 11.8 Å². The number of H-pyrrole nitrogens is 1. The lowest BCUT2D eigenvalue weighted by Gasteiger charge is -2.25. The Labute approximate surface area is 186 Å². The molecule has 0 aliphatic heterocycles. The molecule has 0 saturated heterocycles. The molecule has 170 valence electrons.